The highest BCUT2D eigenvalue weighted by molar-refractivity contribution is 5.94. The van der Waals surface area contributed by atoms with Crippen LogP contribution in [0.2, 0.25) is 0 Å². The van der Waals surface area contributed by atoms with E-state index in [0.717, 1.165) is 32.7 Å². The first-order valence-corrected chi connectivity index (χ1v) is 7.89. The molecule has 0 saturated carbocycles. The lowest BCUT2D eigenvalue weighted by atomic mass is 10.2. The van der Waals surface area contributed by atoms with E-state index in [4.69, 9.17) is 4.74 Å². The molecule has 1 atom stereocenters. The van der Waals surface area contributed by atoms with Crippen molar-refractivity contribution in [1.29, 1.82) is 0 Å². The standard InChI is InChI=1S/C16H26N4O2/c1-4-22-16(21)14-6-5-7-17-15(14)18-13(2)12-20-10-8-19(3)9-11-20/h5-7,13H,4,8-12H2,1-3H3,(H,17,18). The Morgan fingerprint density at radius 3 is 2.82 bits per heavy atom. The Hall–Kier alpha value is -1.66. The van der Waals surface area contributed by atoms with Gasteiger partial charge in [0.2, 0.25) is 0 Å². The van der Waals surface area contributed by atoms with Gasteiger partial charge in [0.15, 0.2) is 0 Å². The van der Waals surface area contributed by atoms with E-state index in [1.54, 1.807) is 25.3 Å². The topological polar surface area (TPSA) is 57.7 Å². The zero-order chi connectivity index (χ0) is 15.9. The van der Waals surface area contributed by atoms with E-state index in [9.17, 15) is 4.79 Å². The number of esters is 1. The van der Waals surface area contributed by atoms with Crippen LogP contribution in [0.25, 0.3) is 0 Å². The summed E-state index contributed by atoms with van der Waals surface area (Å²) in [6.07, 6.45) is 1.69. The molecule has 0 amide bonds. The third-order valence-corrected chi connectivity index (χ3v) is 3.81. The van der Waals surface area contributed by atoms with Crippen molar-refractivity contribution < 1.29 is 9.53 Å². The number of anilines is 1. The van der Waals surface area contributed by atoms with Gasteiger partial charge in [-0.25, -0.2) is 9.78 Å². The quantitative estimate of drug-likeness (QED) is 0.800. The summed E-state index contributed by atoms with van der Waals surface area (Å²) in [5.74, 6) is 0.271. The van der Waals surface area contributed by atoms with Gasteiger partial charge in [0, 0.05) is 45.0 Å². The molecule has 1 saturated heterocycles. The lowest BCUT2D eigenvalue weighted by Crippen LogP contribution is -2.47. The van der Waals surface area contributed by atoms with Crippen molar-refractivity contribution in [1.82, 2.24) is 14.8 Å². The maximum absolute atomic E-state index is 12.0. The highest BCUT2D eigenvalue weighted by Gasteiger charge is 2.18. The van der Waals surface area contributed by atoms with E-state index in [0.29, 0.717) is 18.0 Å². The molecule has 2 rings (SSSR count). The molecule has 0 bridgehead atoms. The first-order chi connectivity index (χ1) is 10.6. The molecule has 1 fully saturated rings. The fourth-order valence-electron chi connectivity index (χ4n) is 2.59. The molecule has 1 N–H and O–H groups in total. The normalized spacial score (nSPS) is 18.0. The highest BCUT2D eigenvalue weighted by Crippen LogP contribution is 2.14. The fourth-order valence-corrected chi connectivity index (χ4v) is 2.59. The Labute approximate surface area is 132 Å². The molecule has 6 nitrogen and oxygen atoms in total. The summed E-state index contributed by atoms with van der Waals surface area (Å²) in [6.45, 7) is 9.58. The number of aromatic nitrogens is 1. The molecule has 1 aromatic heterocycles. The second-order valence-corrected chi connectivity index (χ2v) is 5.77. The predicted molar refractivity (Wildman–Crippen MR) is 87.2 cm³/mol. The average Bonchev–Trinajstić information content (AvgIpc) is 2.50. The number of rotatable bonds is 6. The van der Waals surface area contributed by atoms with Gasteiger partial charge in [0.05, 0.1) is 6.61 Å². The van der Waals surface area contributed by atoms with Crippen molar-refractivity contribution in [2.24, 2.45) is 0 Å². The minimum Gasteiger partial charge on any atom is -0.462 e. The molecule has 0 aliphatic carbocycles. The Bertz CT molecular complexity index is 487. The second-order valence-electron chi connectivity index (χ2n) is 5.77. The zero-order valence-electron chi connectivity index (χ0n) is 13.7. The van der Waals surface area contributed by atoms with Crippen molar-refractivity contribution in [3.63, 3.8) is 0 Å². The first kappa shape index (κ1) is 16.7. The fraction of sp³-hybridized carbons (Fsp3) is 0.625. The van der Waals surface area contributed by atoms with Crippen LogP contribution < -0.4 is 5.32 Å². The first-order valence-electron chi connectivity index (χ1n) is 7.89. The number of pyridine rings is 1. The van der Waals surface area contributed by atoms with E-state index < -0.39 is 0 Å². The summed E-state index contributed by atoms with van der Waals surface area (Å²) in [7, 11) is 2.15. The number of carbonyl (C=O) groups excluding carboxylic acids is 1. The molecule has 1 aliphatic rings. The van der Waals surface area contributed by atoms with Gasteiger partial charge >= 0.3 is 5.97 Å². The number of hydrogen-bond donors (Lipinski definition) is 1. The molecule has 6 heteroatoms. The van der Waals surface area contributed by atoms with Crippen LogP contribution in [0, 0.1) is 0 Å². The Morgan fingerprint density at radius 2 is 2.14 bits per heavy atom. The second kappa shape index (κ2) is 8.10. The molecule has 0 radical (unpaired) electrons. The smallest absolute Gasteiger partial charge is 0.341 e. The molecule has 2 heterocycles. The van der Waals surface area contributed by atoms with Gasteiger partial charge in [-0.3, -0.25) is 4.90 Å². The number of likely N-dealkylation sites (N-methyl/N-ethyl adjacent to an activating group) is 1. The lowest BCUT2D eigenvalue weighted by Gasteiger charge is -2.34. The molecule has 122 valence electrons. The summed E-state index contributed by atoms with van der Waals surface area (Å²) in [6, 6.07) is 3.71. The monoisotopic (exact) mass is 306 g/mol. The maximum atomic E-state index is 12.0. The van der Waals surface area contributed by atoms with Gasteiger partial charge in [-0.15, -0.1) is 0 Å². The molecule has 1 aromatic rings. The van der Waals surface area contributed by atoms with E-state index in [-0.39, 0.29) is 12.0 Å². The summed E-state index contributed by atoms with van der Waals surface area (Å²) in [5, 5.41) is 3.34. The van der Waals surface area contributed by atoms with Crippen LogP contribution in [-0.2, 0) is 4.74 Å². The van der Waals surface area contributed by atoms with Gasteiger partial charge in [-0.2, -0.15) is 0 Å². The van der Waals surface area contributed by atoms with Crippen molar-refractivity contribution in [3.8, 4) is 0 Å². The van der Waals surface area contributed by atoms with Crippen LogP contribution in [0.1, 0.15) is 24.2 Å². The van der Waals surface area contributed by atoms with Gasteiger partial charge in [-0.05, 0) is 33.0 Å². The Balaban J connectivity index is 1.93. The van der Waals surface area contributed by atoms with Gasteiger partial charge in [0.25, 0.3) is 0 Å². The van der Waals surface area contributed by atoms with Crippen molar-refractivity contribution in [3.05, 3.63) is 23.9 Å². The highest BCUT2D eigenvalue weighted by atomic mass is 16.5. The van der Waals surface area contributed by atoms with E-state index in [1.165, 1.54) is 0 Å². The third kappa shape index (κ3) is 4.68. The molecule has 1 unspecified atom stereocenters. The lowest BCUT2D eigenvalue weighted by molar-refractivity contribution is 0.0527. The van der Waals surface area contributed by atoms with E-state index in [1.807, 2.05) is 0 Å². The molecular formula is C16H26N4O2. The summed E-state index contributed by atoms with van der Waals surface area (Å²) >= 11 is 0. The number of nitrogens with one attached hydrogen (secondary N) is 1. The van der Waals surface area contributed by atoms with Crippen molar-refractivity contribution in [2.45, 2.75) is 19.9 Å². The van der Waals surface area contributed by atoms with Crippen LogP contribution in [0.5, 0.6) is 0 Å². The zero-order valence-corrected chi connectivity index (χ0v) is 13.7. The SMILES string of the molecule is CCOC(=O)c1cccnc1NC(C)CN1CCN(C)CC1. The van der Waals surface area contributed by atoms with Gasteiger partial charge in [0.1, 0.15) is 11.4 Å². The molecule has 0 aromatic carbocycles. The van der Waals surface area contributed by atoms with Crippen LogP contribution in [0.4, 0.5) is 5.82 Å². The molecule has 22 heavy (non-hydrogen) atoms. The maximum Gasteiger partial charge on any atom is 0.341 e. The number of carbonyl (C=O) groups is 1. The van der Waals surface area contributed by atoms with Crippen molar-refractivity contribution in [2.75, 3.05) is 51.7 Å². The minimum atomic E-state index is -0.329. The third-order valence-electron chi connectivity index (χ3n) is 3.81. The average molecular weight is 306 g/mol. The molecular weight excluding hydrogens is 280 g/mol. The number of piperazine rings is 1. The predicted octanol–water partition coefficient (Wildman–Crippen LogP) is 1.31. The molecule has 0 spiro atoms. The number of nitrogens with zero attached hydrogens (tertiary/aromatic N) is 3. The number of hydrogen-bond acceptors (Lipinski definition) is 6. The van der Waals surface area contributed by atoms with E-state index in [2.05, 4.69) is 34.1 Å². The van der Waals surface area contributed by atoms with Crippen LogP contribution in [0.15, 0.2) is 18.3 Å². The van der Waals surface area contributed by atoms with Crippen LogP contribution in [0.3, 0.4) is 0 Å². The van der Waals surface area contributed by atoms with Gasteiger partial charge in [-0.1, -0.05) is 0 Å². The minimum absolute atomic E-state index is 0.214. The van der Waals surface area contributed by atoms with Crippen molar-refractivity contribution >= 4 is 11.8 Å². The summed E-state index contributed by atoms with van der Waals surface area (Å²) < 4.78 is 5.08. The Kier molecular flexibility index (Phi) is 6.15. The van der Waals surface area contributed by atoms with Gasteiger partial charge < -0.3 is 15.0 Å². The van der Waals surface area contributed by atoms with Crippen LogP contribution >= 0.6 is 0 Å². The number of ether oxygens (including phenoxy) is 1. The largest absolute Gasteiger partial charge is 0.462 e. The summed E-state index contributed by atoms with van der Waals surface area (Å²) in [5.41, 5.74) is 0.495. The summed E-state index contributed by atoms with van der Waals surface area (Å²) in [4.78, 5) is 21.0. The van der Waals surface area contributed by atoms with E-state index >= 15 is 0 Å². The molecule has 1 aliphatic heterocycles. The Morgan fingerprint density at radius 1 is 1.41 bits per heavy atom. The van der Waals surface area contributed by atoms with Crippen LogP contribution in [-0.4, -0.2) is 73.2 Å².